The van der Waals surface area contributed by atoms with Crippen LogP contribution in [-0.2, 0) is 19.6 Å². The van der Waals surface area contributed by atoms with Crippen molar-refractivity contribution in [3.8, 4) is 0 Å². The number of hydrogen-bond donors (Lipinski definition) is 1. The molecular formula is C13H25NO4S. The molecule has 0 aromatic heterocycles. The molecule has 0 radical (unpaired) electrons. The van der Waals surface area contributed by atoms with Gasteiger partial charge in [0.1, 0.15) is 0 Å². The summed E-state index contributed by atoms with van der Waals surface area (Å²) in [4.78, 5) is 10.9. The largest absolute Gasteiger partial charge is 0.469 e. The molecule has 1 rings (SSSR count). The van der Waals surface area contributed by atoms with Crippen LogP contribution in [0.15, 0.2) is 0 Å². The number of nitrogens with one attached hydrogen (secondary N) is 1. The predicted molar refractivity (Wildman–Crippen MR) is 74.1 cm³/mol. The Hall–Kier alpha value is -0.620. The molecule has 0 spiro atoms. The smallest absolute Gasteiger partial charge is 0.305 e. The van der Waals surface area contributed by atoms with Crippen molar-refractivity contribution in [3.63, 3.8) is 0 Å². The summed E-state index contributed by atoms with van der Waals surface area (Å²) in [6.45, 7) is 4.27. The summed E-state index contributed by atoms with van der Waals surface area (Å²) < 4.78 is 31.2. The van der Waals surface area contributed by atoms with E-state index in [1.54, 1.807) is 0 Å². The summed E-state index contributed by atoms with van der Waals surface area (Å²) >= 11 is 0. The highest BCUT2D eigenvalue weighted by atomic mass is 32.2. The van der Waals surface area contributed by atoms with E-state index < -0.39 is 10.0 Å². The maximum Gasteiger partial charge on any atom is 0.305 e. The number of sulfonamides is 1. The fraction of sp³-hybridized carbons (Fsp3) is 0.923. The molecule has 1 saturated carbocycles. The molecule has 0 saturated heterocycles. The first-order valence-corrected chi connectivity index (χ1v) is 8.57. The Labute approximate surface area is 116 Å². The molecule has 0 aromatic carbocycles. The van der Waals surface area contributed by atoms with Crippen molar-refractivity contribution < 1.29 is 17.9 Å². The van der Waals surface area contributed by atoms with E-state index in [9.17, 15) is 13.2 Å². The van der Waals surface area contributed by atoms with Crippen LogP contribution in [0.3, 0.4) is 0 Å². The lowest BCUT2D eigenvalue weighted by molar-refractivity contribution is -0.140. The zero-order chi connectivity index (χ0) is 14.5. The van der Waals surface area contributed by atoms with Gasteiger partial charge in [-0.3, -0.25) is 4.79 Å². The molecule has 0 amide bonds. The van der Waals surface area contributed by atoms with Gasteiger partial charge >= 0.3 is 5.97 Å². The van der Waals surface area contributed by atoms with Crippen molar-refractivity contribution in [2.75, 3.05) is 12.9 Å². The monoisotopic (exact) mass is 291 g/mol. The summed E-state index contributed by atoms with van der Waals surface area (Å²) in [6, 6.07) is 0.0341. The van der Waals surface area contributed by atoms with E-state index in [1.165, 1.54) is 13.5 Å². The highest BCUT2D eigenvalue weighted by Gasteiger charge is 2.29. The first-order chi connectivity index (χ1) is 8.85. The van der Waals surface area contributed by atoms with Gasteiger partial charge in [0.25, 0.3) is 0 Å². The minimum absolute atomic E-state index is 0.0142. The third kappa shape index (κ3) is 5.48. The lowest BCUT2D eigenvalue weighted by atomic mass is 9.78. The summed E-state index contributed by atoms with van der Waals surface area (Å²) in [7, 11) is -1.99. The number of rotatable bonds is 6. The summed E-state index contributed by atoms with van der Waals surface area (Å²) in [6.07, 6.45) is 3.59. The van der Waals surface area contributed by atoms with Crippen molar-refractivity contribution >= 4 is 16.0 Å². The quantitative estimate of drug-likeness (QED) is 0.756. The molecular weight excluding hydrogens is 266 g/mol. The Morgan fingerprint density at radius 1 is 1.32 bits per heavy atom. The van der Waals surface area contributed by atoms with Crippen molar-refractivity contribution in [2.45, 2.75) is 52.0 Å². The Bertz CT molecular complexity index is 393. The van der Waals surface area contributed by atoms with E-state index in [1.807, 2.05) is 0 Å². The molecule has 1 aliphatic carbocycles. The van der Waals surface area contributed by atoms with E-state index in [4.69, 9.17) is 0 Å². The number of carbonyl (C=O) groups excluding carboxylic acids is 1. The fourth-order valence-corrected chi connectivity index (χ4v) is 3.98. The number of hydrogen-bond acceptors (Lipinski definition) is 4. The zero-order valence-electron chi connectivity index (χ0n) is 12.0. The maximum atomic E-state index is 12.0. The predicted octanol–water partition coefficient (Wildman–Crippen LogP) is 1.68. The lowest BCUT2D eigenvalue weighted by Gasteiger charge is -2.34. The molecule has 6 heteroatoms. The molecule has 0 aromatic rings. The number of esters is 1. The number of ether oxygens (including phenoxy) is 1. The highest BCUT2D eigenvalue weighted by molar-refractivity contribution is 7.89. The van der Waals surface area contributed by atoms with Crippen LogP contribution in [0.4, 0.5) is 0 Å². The van der Waals surface area contributed by atoms with Crippen LogP contribution in [0, 0.1) is 11.8 Å². The summed E-state index contributed by atoms with van der Waals surface area (Å²) in [5, 5.41) is 0. The molecule has 112 valence electrons. The van der Waals surface area contributed by atoms with Crippen LogP contribution in [0.1, 0.15) is 46.0 Å². The minimum Gasteiger partial charge on any atom is -0.469 e. The molecule has 5 nitrogen and oxygen atoms in total. The maximum absolute atomic E-state index is 12.0. The topological polar surface area (TPSA) is 72.5 Å². The van der Waals surface area contributed by atoms with Gasteiger partial charge in [-0.05, 0) is 24.7 Å². The van der Waals surface area contributed by atoms with E-state index in [2.05, 4.69) is 23.3 Å². The molecule has 1 aliphatic rings. The molecule has 3 unspecified atom stereocenters. The first kappa shape index (κ1) is 16.4. The fourth-order valence-electron chi connectivity index (χ4n) is 2.55. The van der Waals surface area contributed by atoms with Gasteiger partial charge in [0.2, 0.25) is 10.0 Å². The van der Waals surface area contributed by atoms with Crippen LogP contribution in [0.2, 0.25) is 0 Å². The normalized spacial score (nSPS) is 28.1. The van der Waals surface area contributed by atoms with Gasteiger partial charge in [-0.2, -0.15) is 0 Å². The van der Waals surface area contributed by atoms with Gasteiger partial charge < -0.3 is 4.74 Å². The standard InChI is InChI=1S/C13H25NO4S/c1-10-6-4-7-12(11(10)2)14-19(16,17)9-5-8-13(15)18-3/h10-12,14H,4-9H2,1-3H3. The van der Waals surface area contributed by atoms with Crippen molar-refractivity contribution in [3.05, 3.63) is 0 Å². The molecule has 19 heavy (non-hydrogen) atoms. The van der Waals surface area contributed by atoms with Crippen LogP contribution in [0.25, 0.3) is 0 Å². The van der Waals surface area contributed by atoms with E-state index in [0.717, 1.165) is 12.8 Å². The van der Waals surface area contributed by atoms with Crippen molar-refractivity contribution in [1.29, 1.82) is 0 Å². The van der Waals surface area contributed by atoms with Crippen LogP contribution in [0.5, 0.6) is 0 Å². The average molecular weight is 291 g/mol. The third-order valence-electron chi connectivity index (χ3n) is 4.06. The SMILES string of the molecule is COC(=O)CCCS(=O)(=O)NC1CCCC(C)C1C. The number of methoxy groups -OCH3 is 1. The summed E-state index contributed by atoms with van der Waals surface area (Å²) in [5.41, 5.74) is 0. The van der Waals surface area contributed by atoms with Crippen molar-refractivity contribution in [2.24, 2.45) is 11.8 Å². The second-order valence-corrected chi connectivity index (χ2v) is 7.36. The van der Waals surface area contributed by atoms with Gasteiger partial charge in [-0.15, -0.1) is 0 Å². The Balaban J connectivity index is 2.43. The van der Waals surface area contributed by atoms with Gasteiger partial charge in [0, 0.05) is 12.5 Å². The van der Waals surface area contributed by atoms with Crippen LogP contribution >= 0.6 is 0 Å². The Morgan fingerprint density at radius 2 is 2.00 bits per heavy atom. The molecule has 1 N–H and O–H groups in total. The van der Waals surface area contributed by atoms with E-state index in [0.29, 0.717) is 18.3 Å². The second-order valence-electron chi connectivity index (χ2n) is 5.49. The first-order valence-electron chi connectivity index (χ1n) is 6.92. The Morgan fingerprint density at radius 3 is 2.63 bits per heavy atom. The van der Waals surface area contributed by atoms with Gasteiger partial charge in [0.05, 0.1) is 12.9 Å². The van der Waals surface area contributed by atoms with Crippen LogP contribution in [-0.4, -0.2) is 33.3 Å². The molecule has 1 fully saturated rings. The molecule has 3 atom stereocenters. The molecule has 0 heterocycles. The summed E-state index contributed by atoms with van der Waals surface area (Å²) in [5.74, 6) is 0.537. The average Bonchev–Trinajstić information content (AvgIpc) is 2.34. The molecule has 0 bridgehead atoms. The highest BCUT2D eigenvalue weighted by Crippen LogP contribution is 2.29. The second kappa shape index (κ2) is 7.24. The van der Waals surface area contributed by atoms with E-state index in [-0.39, 0.29) is 24.2 Å². The zero-order valence-corrected chi connectivity index (χ0v) is 12.8. The van der Waals surface area contributed by atoms with Crippen LogP contribution < -0.4 is 4.72 Å². The third-order valence-corrected chi connectivity index (χ3v) is 5.55. The number of carbonyl (C=O) groups is 1. The lowest BCUT2D eigenvalue weighted by Crippen LogP contribution is -2.44. The van der Waals surface area contributed by atoms with Crippen molar-refractivity contribution in [1.82, 2.24) is 4.72 Å². The minimum atomic E-state index is -3.30. The van der Waals surface area contributed by atoms with Gasteiger partial charge in [-0.1, -0.05) is 26.7 Å². The molecule has 0 aliphatic heterocycles. The Kier molecular flexibility index (Phi) is 6.26. The van der Waals surface area contributed by atoms with Gasteiger partial charge in [0.15, 0.2) is 0 Å². The van der Waals surface area contributed by atoms with E-state index >= 15 is 0 Å². The van der Waals surface area contributed by atoms with Gasteiger partial charge in [-0.25, -0.2) is 13.1 Å².